The number of anilines is 2. The predicted molar refractivity (Wildman–Crippen MR) is 78.5 cm³/mol. The van der Waals surface area contributed by atoms with Crippen molar-refractivity contribution in [1.82, 2.24) is 15.0 Å². The van der Waals surface area contributed by atoms with Crippen LogP contribution in [0.5, 0.6) is 0 Å². The van der Waals surface area contributed by atoms with Gasteiger partial charge in [-0.3, -0.25) is 4.79 Å². The summed E-state index contributed by atoms with van der Waals surface area (Å²) in [5.74, 6) is 1.27. The van der Waals surface area contributed by atoms with Crippen LogP contribution in [0.25, 0.3) is 0 Å². The van der Waals surface area contributed by atoms with E-state index < -0.39 is 6.43 Å². The Hall–Kier alpha value is -2.51. The maximum absolute atomic E-state index is 12.7. The molecule has 0 unspecified atom stereocenters. The lowest BCUT2D eigenvalue weighted by molar-refractivity contribution is 0.146. The highest BCUT2D eigenvalue weighted by Gasteiger charge is 2.20. The van der Waals surface area contributed by atoms with E-state index in [1.54, 1.807) is 6.07 Å². The Morgan fingerprint density at radius 1 is 1.09 bits per heavy atom. The molecule has 1 aliphatic heterocycles. The third-order valence-electron chi connectivity index (χ3n) is 3.59. The quantitative estimate of drug-likeness (QED) is 0.929. The van der Waals surface area contributed by atoms with Crippen LogP contribution in [0.2, 0.25) is 0 Å². The molecule has 0 radical (unpaired) electrons. The van der Waals surface area contributed by atoms with E-state index >= 15 is 0 Å². The van der Waals surface area contributed by atoms with Gasteiger partial charge in [-0.1, -0.05) is 6.07 Å². The topological polar surface area (TPSA) is 65.1 Å². The number of nitrogens with one attached hydrogen (secondary N) is 1. The van der Waals surface area contributed by atoms with Crippen LogP contribution in [-0.4, -0.2) is 41.1 Å². The molecule has 2 aromatic rings. The molecule has 0 amide bonds. The van der Waals surface area contributed by atoms with Gasteiger partial charge in [-0.25, -0.2) is 18.7 Å². The first-order valence-electron chi connectivity index (χ1n) is 6.93. The molecule has 0 aliphatic carbocycles. The van der Waals surface area contributed by atoms with Crippen LogP contribution in [0.3, 0.4) is 0 Å². The number of alkyl halides is 2. The van der Waals surface area contributed by atoms with Gasteiger partial charge in [0.05, 0.1) is 0 Å². The molecule has 3 heterocycles. The molecular weight excluding hydrogens is 292 g/mol. The summed E-state index contributed by atoms with van der Waals surface area (Å²) >= 11 is 0. The number of hydrogen-bond donors (Lipinski definition) is 1. The summed E-state index contributed by atoms with van der Waals surface area (Å²) in [5, 5.41) is 0. The van der Waals surface area contributed by atoms with Crippen molar-refractivity contribution in [2.45, 2.75) is 6.43 Å². The molecule has 116 valence electrons. The maximum Gasteiger partial charge on any atom is 0.280 e. The third-order valence-corrected chi connectivity index (χ3v) is 3.59. The summed E-state index contributed by atoms with van der Waals surface area (Å²) in [6.07, 6.45) is -1.44. The highest BCUT2D eigenvalue weighted by atomic mass is 19.3. The van der Waals surface area contributed by atoms with Gasteiger partial charge in [0.1, 0.15) is 23.7 Å². The predicted octanol–water partition coefficient (Wildman–Crippen LogP) is 1.43. The van der Waals surface area contributed by atoms with Gasteiger partial charge in [-0.2, -0.15) is 0 Å². The number of nitrogens with zero attached hydrogens (tertiary/aromatic N) is 4. The van der Waals surface area contributed by atoms with Crippen LogP contribution in [0.1, 0.15) is 12.1 Å². The van der Waals surface area contributed by atoms with E-state index in [2.05, 4.69) is 15.0 Å². The molecule has 6 nitrogen and oxygen atoms in total. The van der Waals surface area contributed by atoms with Gasteiger partial charge in [0.25, 0.3) is 6.43 Å². The normalized spacial score (nSPS) is 15.4. The lowest BCUT2D eigenvalue weighted by Gasteiger charge is -2.36. The van der Waals surface area contributed by atoms with Crippen molar-refractivity contribution in [3.05, 3.63) is 46.6 Å². The molecule has 22 heavy (non-hydrogen) atoms. The van der Waals surface area contributed by atoms with Gasteiger partial charge in [0.2, 0.25) is 5.56 Å². The second-order valence-electron chi connectivity index (χ2n) is 4.98. The number of pyridine rings is 1. The van der Waals surface area contributed by atoms with Crippen LogP contribution < -0.4 is 15.4 Å². The van der Waals surface area contributed by atoms with Gasteiger partial charge < -0.3 is 14.8 Å². The first-order valence-corrected chi connectivity index (χ1v) is 6.93. The molecule has 0 aromatic carbocycles. The molecule has 3 rings (SSSR count). The Morgan fingerprint density at radius 2 is 1.82 bits per heavy atom. The Kier molecular flexibility index (Phi) is 3.99. The van der Waals surface area contributed by atoms with Gasteiger partial charge in [-0.05, 0) is 6.07 Å². The first kappa shape index (κ1) is 14.4. The van der Waals surface area contributed by atoms with E-state index in [9.17, 15) is 13.6 Å². The summed E-state index contributed by atoms with van der Waals surface area (Å²) in [5.41, 5.74) is -0.405. The van der Waals surface area contributed by atoms with E-state index in [1.165, 1.54) is 12.1 Å². The monoisotopic (exact) mass is 307 g/mol. The van der Waals surface area contributed by atoms with E-state index in [0.717, 1.165) is 12.1 Å². The summed E-state index contributed by atoms with van der Waals surface area (Å²) < 4.78 is 25.4. The molecular formula is C14H15F2N5O. The number of aromatic nitrogens is 3. The van der Waals surface area contributed by atoms with Crippen LogP contribution >= 0.6 is 0 Å². The summed E-state index contributed by atoms with van der Waals surface area (Å²) in [6, 6.07) is 6.34. The highest BCUT2D eigenvalue weighted by Crippen LogP contribution is 2.21. The van der Waals surface area contributed by atoms with E-state index in [0.29, 0.717) is 32.0 Å². The van der Waals surface area contributed by atoms with E-state index in [4.69, 9.17) is 0 Å². The molecule has 2 aromatic heterocycles. The van der Waals surface area contributed by atoms with Crippen molar-refractivity contribution in [3.63, 3.8) is 0 Å². The largest absolute Gasteiger partial charge is 0.355 e. The number of H-pyrrole nitrogens is 1. The minimum atomic E-state index is -2.60. The van der Waals surface area contributed by atoms with Crippen LogP contribution in [-0.2, 0) is 0 Å². The highest BCUT2D eigenvalue weighted by molar-refractivity contribution is 5.44. The molecule has 1 saturated heterocycles. The smallest absolute Gasteiger partial charge is 0.280 e. The molecule has 1 aliphatic rings. The minimum absolute atomic E-state index is 0.141. The second kappa shape index (κ2) is 6.08. The van der Waals surface area contributed by atoms with Crippen LogP contribution in [0.4, 0.5) is 20.4 Å². The number of piperazine rings is 1. The molecule has 0 bridgehead atoms. The minimum Gasteiger partial charge on any atom is -0.355 e. The summed E-state index contributed by atoms with van der Waals surface area (Å²) in [4.78, 5) is 25.7. The van der Waals surface area contributed by atoms with Gasteiger partial charge >= 0.3 is 0 Å². The van der Waals surface area contributed by atoms with Crippen molar-refractivity contribution in [3.8, 4) is 0 Å². The number of rotatable bonds is 3. The Bertz CT molecular complexity index is 697. The fourth-order valence-corrected chi connectivity index (χ4v) is 2.45. The Balaban J connectivity index is 1.69. The molecule has 1 fully saturated rings. The van der Waals surface area contributed by atoms with Gasteiger partial charge in [-0.15, -0.1) is 0 Å². The lowest BCUT2D eigenvalue weighted by Crippen LogP contribution is -2.47. The molecule has 0 spiro atoms. The zero-order valence-electron chi connectivity index (χ0n) is 11.7. The van der Waals surface area contributed by atoms with Crippen LogP contribution in [0, 0.1) is 0 Å². The fraction of sp³-hybridized carbons (Fsp3) is 0.357. The maximum atomic E-state index is 12.7. The number of halogens is 2. The fourth-order valence-electron chi connectivity index (χ4n) is 2.45. The zero-order chi connectivity index (χ0) is 15.5. The van der Waals surface area contributed by atoms with Crippen LogP contribution in [0.15, 0.2) is 35.4 Å². The standard InChI is InChI=1S/C14H15F2N5O/c15-14(16)10-8-12(18-9-17-10)21-6-4-20(5-7-21)11-2-1-3-13(22)19-11/h1-3,8-9,14H,4-7H2,(H,19,22). The van der Waals surface area contributed by atoms with Crippen molar-refractivity contribution < 1.29 is 8.78 Å². The second-order valence-corrected chi connectivity index (χ2v) is 4.98. The molecule has 1 N–H and O–H groups in total. The first-order chi connectivity index (χ1) is 10.6. The van der Waals surface area contributed by atoms with Crippen molar-refractivity contribution in [2.75, 3.05) is 36.0 Å². The zero-order valence-corrected chi connectivity index (χ0v) is 11.7. The molecule has 0 atom stereocenters. The average Bonchev–Trinajstić information content (AvgIpc) is 2.55. The van der Waals surface area contributed by atoms with Gasteiger partial charge in [0, 0.05) is 38.3 Å². The SMILES string of the molecule is O=c1cccc(N2CCN(c3cc(C(F)F)ncn3)CC2)[nH]1. The Labute approximate surface area is 125 Å². The molecule has 8 heteroatoms. The summed E-state index contributed by atoms with van der Waals surface area (Å²) in [7, 11) is 0. The van der Waals surface area contributed by atoms with E-state index in [1.807, 2.05) is 15.9 Å². The average molecular weight is 307 g/mol. The van der Waals surface area contributed by atoms with Gasteiger partial charge in [0.15, 0.2) is 0 Å². The molecule has 0 saturated carbocycles. The third kappa shape index (κ3) is 3.05. The number of aromatic amines is 1. The van der Waals surface area contributed by atoms with Crippen molar-refractivity contribution >= 4 is 11.6 Å². The van der Waals surface area contributed by atoms with Crippen molar-refractivity contribution in [1.29, 1.82) is 0 Å². The van der Waals surface area contributed by atoms with Crippen molar-refractivity contribution in [2.24, 2.45) is 0 Å². The lowest BCUT2D eigenvalue weighted by atomic mass is 10.3. The Morgan fingerprint density at radius 3 is 2.50 bits per heavy atom. The number of hydrogen-bond acceptors (Lipinski definition) is 5. The van der Waals surface area contributed by atoms with E-state index in [-0.39, 0.29) is 11.3 Å². The summed E-state index contributed by atoms with van der Waals surface area (Å²) in [6.45, 7) is 2.62.